The Kier molecular flexibility index (Phi) is 20.3. The lowest BCUT2D eigenvalue weighted by molar-refractivity contribution is -0.328. The van der Waals surface area contributed by atoms with Crippen LogP contribution in [0.3, 0.4) is 0 Å². The van der Waals surface area contributed by atoms with Crippen LogP contribution in [-0.2, 0) is 47.0 Å². The van der Waals surface area contributed by atoms with Crippen LogP contribution in [0, 0.1) is 17.8 Å². The molecule has 0 aromatic heterocycles. The maximum Gasteiger partial charge on any atom is 0.330 e. The number of aliphatic hydroxyl groups is 6. The van der Waals surface area contributed by atoms with Crippen LogP contribution in [0.5, 0.6) is 0 Å². The maximum atomic E-state index is 11.9. The molecule has 0 aliphatic carbocycles. The maximum absolute atomic E-state index is 11.9. The molecule has 7 N–H and O–H groups in total. The second kappa shape index (κ2) is 22.8. The van der Waals surface area contributed by atoms with Crippen LogP contribution >= 0.6 is 7.60 Å². The van der Waals surface area contributed by atoms with Crippen molar-refractivity contribution in [1.29, 1.82) is 0 Å². The van der Waals surface area contributed by atoms with Gasteiger partial charge in [-0.2, -0.15) is 0 Å². The van der Waals surface area contributed by atoms with Crippen LogP contribution in [0.15, 0.2) is 0 Å². The molecule has 0 radical (unpaired) electrons. The van der Waals surface area contributed by atoms with E-state index < -0.39 is 105 Å². The van der Waals surface area contributed by atoms with Crippen molar-refractivity contribution in [1.82, 2.24) is 0 Å². The quantitative estimate of drug-likeness (QED) is 0.0607. The molecule has 3 saturated heterocycles. The largest absolute Gasteiger partial charge is 0.390 e. The topological polar surface area (TPSA) is 242 Å². The smallest absolute Gasteiger partial charge is 0.330 e. The molecule has 16 unspecified atom stereocenters. The number of hydrogen-bond donors (Lipinski definition) is 7. The Balaban J connectivity index is 1.47. The molecule has 0 aromatic rings. The van der Waals surface area contributed by atoms with Crippen molar-refractivity contribution in [2.75, 3.05) is 46.2 Å². The number of aliphatic hydroxyl groups excluding tert-OH is 6. The summed E-state index contributed by atoms with van der Waals surface area (Å²) in [6.45, 7) is 15.2. The van der Waals surface area contributed by atoms with Crippen LogP contribution in [0.25, 0.3) is 0 Å². The number of rotatable bonds is 22. The molecule has 3 rings (SSSR count). The van der Waals surface area contributed by atoms with Gasteiger partial charge in [0, 0.05) is 37.6 Å². The Bertz CT molecular complexity index is 1130. The zero-order valence-electron chi connectivity index (χ0n) is 33.9. The van der Waals surface area contributed by atoms with E-state index in [1.54, 1.807) is 34.6 Å². The van der Waals surface area contributed by atoms with E-state index in [1.807, 2.05) is 20.8 Å². The normalized spacial score (nSPS) is 38.7. The average Bonchev–Trinajstić information content (AvgIpc) is 3.12. The molecule has 3 aliphatic heterocycles. The molecule has 0 saturated carbocycles. The van der Waals surface area contributed by atoms with E-state index in [2.05, 4.69) is 0 Å². The third-order valence-corrected chi connectivity index (χ3v) is 12.2. The van der Waals surface area contributed by atoms with Crippen molar-refractivity contribution < 1.29 is 82.5 Å². The van der Waals surface area contributed by atoms with Crippen molar-refractivity contribution in [3.05, 3.63) is 0 Å². The van der Waals surface area contributed by atoms with Gasteiger partial charge >= 0.3 is 7.60 Å². The third kappa shape index (κ3) is 15.0. The molecule has 17 nitrogen and oxygen atoms in total. The van der Waals surface area contributed by atoms with Crippen LogP contribution in [0.2, 0.25) is 0 Å². The lowest BCUT2D eigenvalue weighted by Gasteiger charge is -2.45. The van der Waals surface area contributed by atoms with Gasteiger partial charge in [-0.25, -0.2) is 0 Å². The van der Waals surface area contributed by atoms with Crippen molar-refractivity contribution in [3.63, 3.8) is 0 Å². The first kappa shape index (κ1) is 49.0. The second-order valence-corrected chi connectivity index (χ2v) is 18.9. The number of ether oxygens (including phenoxy) is 8. The predicted octanol–water partition coefficient (Wildman–Crippen LogP) is 1.68. The summed E-state index contributed by atoms with van der Waals surface area (Å²) in [6.07, 6.45) is -9.92. The Morgan fingerprint density at radius 1 is 0.564 bits per heavy atom. The van der Waals surface area contributed by atoms with Crippen LogP contribution in [0.1, 0.15) is 87.5 Å². The van der Waals surface area contributed by atoms with Crippen molar-refractivity contribution in [2.24, 2.45) is 17.8 Å². The van der Waals surface area contributed by atoms with Crippen LogP contribution < -0.4 is 0 Å². The zero-order valence-corrected chi connectivity index (χ0v) is 34.8. The summed E-state index contributed by atoms with van der Waals surface area (Å²) in [4.78, 5) is 9.78. The molecule has 18 heteroatoms. The van der Waals surface area contributed by atoms with Crippen molar-refractivity contribution in [3.8, 4) is 0 Å². The highest BCUT2D eigenvalue weighted by atomic mass is 31.2. The highest BCUT2D eigenvalue weighted by Crippen LogP contribution is 2.47. The minimum absolute atomic E-state index is 0.0263. The molecule has 0 bridgehead atoms. The lowest BCUT2D eigenvalue weighted by Crippen LogP contribution is -2.59. The number of unbranched alkanes of at least 4 members (excludes halogenated alkanes) is 3. The summed E-state index contributed by atoms with van der Waals surface area (Å²) in [5.41, 5.74) is -0.689. The van der Waals surface area contributed by atoms with Gasteiger partial charge in [0.15, 0.2) is 18.9 Å². The first-order valence-corrected chi connectivity index (χ1v) is 21.5. The van der Waals surface area contributed by atoms with Gasteiger partial charge in [0.05, 0.1) is 56.0 Å². The highest BCUT2D eigenvalue weighted by molar-refractivity contribution is 7.53. The predicted molar refractivity (Wildman–Crippen MR) is 198 cm³/mol. The molecule has 55 heavy (non-hydrogen) atoms. The Hall–Kier alpha value is -0.410. The summed E-state index contributed by atoms with van der Waals surface area (Å²) < 4.78 is 64.3. The first-order valence-electron chi connectivity index (χ1n) is 19.8. The van der Waals surface area contributed by atoms with E-state index in [0.29, 0.717) is 32.5 Å². The molecule has 0 amide bonds. The van der Waals surface area contributed by atoms with Crippen molar-refractivity contribution in [2.45, 2.75) is 173 Å². The molecule has 326 valence electrons. The average molecular weight is 819 g/mol. The monoisotopic (exact) mass is 818 g/mol. The van der Waals surface area contributed by atoms with E-state index in [9.17, 15) is 40.1 Å². The third-order valence-electron chi connectivity index (χ3n) is 10.4. The Morgan fingerprint density at radius 3 is 1.42 bits per heavy atom. The fraction of sp³-hybridized carbons (Fsp3) is 1.00. The minimum Gasteiger partial charge on any atom is -0.390 e. The second-order valence-electron chi connectivity index (χ2n) is 16.5. The summed E-state index contributed by atoms with van der Waals surface area (Å²) >= 11 is 0. The molecular weight excluding hydrogens is 747 g/mol. The number of hydrogen-bond acceptors (Lipinski definition) is 16. The molecule has 3 aliphatic rings. The van der Waals surface area contributed by atoms with Gasteiger partial charge < -0.3 is 78.0 Å². The van der Waals surface area contributed by atoms with Gasteiger partial charge in [0.25, 0.3) is 0 Å². The standard InChI is InChI=1S/C37H71O17P/c1-21(2)55(44,45)51-17-11-9-10-15-47-34-22(3)28(38)32(42)26(53-34)19-49-36-24(5)30(40)33(43)27(54-36)20-48-35-23(4)29(39)31(41)25(52-35)18-46-14-12-13-16-50-37(6,7)8/h21-36,38-43H,9-20H2,1-8H3,(H,44,45). The van der Waals surface area contributed by atoms with Gasteiger partial charge in [-0.1, -0.05) is 34.6 Å². The fourth-order valence-electron chi connectivity index (χ4n) is 6.38. The Labute approximate surface area is 326 Å². The van der Waals surface area contributed by atoms with Crippen molar-refractivity contribution >= 4 is 7.60 Å². The zero-order chi connectivity index (χ0) is 41.1. The van der Waals surface area contributed by atoms with Gasteiger partial charge in [-0.05, 0) is 52.9 Å². The lowest BCUT2D eigenvalue weighted by atomic mass is 9.91. The van der Waals surface area contributed by atoms with E-state index in [-0.39, 0.29) is 38.6 Å². The fourth-order valence-corrected chi connectivity index (χ4v) is 7.07. The van der Waals surface area contributed by atoms with E-state index >= 15 is 0 Å². The van der Waals surface area contributed by atoms with Gasteiger partial charge in [-0.3, -0.25) is 4.57 Å². The first-order chi connectivity index (χ1) is 25.7. The molecule has 3 fully saturated rings. The summed E-state index contributed by atoms with van der Waals surface area (Å²) in [5, 5.41) is 64.7. The molecule has 0 aromatic carbocycles. The molecular formula is C37H71O17P. The van der Waals surface area contributed by atoms with Crippen LogP contribution in [0.4, 0.5) is 0 Å². The van der Waals surface area contributed by atoms with E-state index in [0.717, 1.165) is 12.8 Å². The molecule has 16 atom stereocenters. The van der Waals surface area contributed by atoms with E-state index in [4.69, 9.17) is 42.4 Å². The summed E-state index contributed by atoms with van der Waals surface area (Å²) in [6, 6.07) is 0. The Morgan fingerprint density at radius 2 is 0.964 bits per heavy atom. The van der Waals surface area contributed by atoms with Gasteiger partial charge in [0.1, 0.15) is 36.6 Å². The summed E-state index contributed by atoms with van der Waals surface area (Å²) in [5.74, 6) is -1.90. The van der Waals surface area contributed by atoms with Gasteiger partial charge in [0.2, 0.25) is 0 Å². The van der Waals surface area contributed by atoms with Crippen LogP contribution in [-0.4, -0.2) is 167 Å². The highest BCUT2D eigenvalue weighted by Gasteiger charge is 2.48. The van der Waals surface area contributed by atoms with E-state index in [1.165, 1.54) is 0 Å². The summed E-state index contributed by atoms with van der Waals surface area (Å²) in [7, 11) is -3.61. The minimum atomic E-state index is -3.61. The molecule has 3 heterocycles. The van der Waals surface area contributed by atoms with Gasteiger partial charge in [-0.15, -0.1) is 0 Å². The molecule has 0 spiro atoms. The SMILES string of the molecule is CC1C(OCC2OC(OCC3OC(OCCCCCOP(=O)(O)C(C)C)C(C)C(O)C3O)C(C)C(O)C2O)OC(COCCCCOC(C)(C)C)C(O)C1O.